The van der Waals surface area contributed by atoms with Crippen molar-refractivity contribution in [1.82, 2.24) is 9.88 Å². The fraction of sp³-hybridized carbons (Fsp3) is 0.350. The smallest absolute Gasteiger partial charge is 0.274 e. The van der Waals surface area contributed by atoms with E-state index in [-0.39, 0.29) is 23.6 Å². The summed E-state index contributed by atoms with van der Waals surface area (Å²) in [5.74, 6) is 0.278. The lowest BCUT2D eigenvalue weighted by atomic mass is 10.2. The van der Waals surface area contributed by atoms with Gasteiger partial charge in [-0.15, -0.1) is 0 Å². The van der Waals surface area contributed by atoms with Gasteiger partial charge in [0.15, 0.2) is 0 Å². The van der Waals surface area contributed by atoms with Crippen molar-refractivity contribution >= 4 is 17.5 Å². The molecule has 1 saturated heterocycles. The lowest BCUT2D eigenvalue weighted by Gasteiger charge is -2.15. The molecule has 0 unspecified atom stereocenters. The van der Waals surface area contributed by atoms with Crippen molar-refractivity contribution in [2.24, 2.45) is 0 Å². The van der Waals surface area contributed by atoms with Crippen molar-refractivity contribution in [3.05, 3.63) is 53.9 Å². The highest BCUT2D eigenvalue weighted by atomic mass is 16.5. The predicted molar refractivity (Wildman–Crippen MR) is 99.5 cm³/mol. The summed E-state index contributed by atoms with van der Waals surface area (Å²) >= 11 is 0. The highest BCUT2D eigenvalue weighted by Crippen LogP contribution is 2.18. The number of carbonyl (C=O) groups is 2. The van der Waals surface area contributed by atoms with Crippen LogP contribution in [0.15, 0.2) is 42.5 Å². The summed E-state index contributed by atoms with van der Waals surface area (Å²) in [6.07, 6.45) is 2.13. The normalized spacial score (nSPS) is 13.7. The van der Waals surface area contributed by atoms with E-state index in [2.05, 4.69) is 10.3 Å². The molecule has 0 saturated carbocycles. The third-order valence-corrected chi connectivity index (χ3v) is 4.08. The van der Waals surface area contributed by atoms with Crippen LogP contribution in [0.3, 0.4) is 0 Å². The van der Waals surface area contributed by atoms with E-state index in [0.29, 0.717) is 11.4 Å². The Labute approximate surface area is 153 Å². The number of hydrogen-bond acceptors (Lipinski definition) is 4. The molecule has 0 bridgehead atoms. The summed E-state index contributed by atoms with van der Waals surface area (Å²) in [5, 5.41) is 2.79. The second-order valence-electron chi connectivity index (χ2n) is 6.55. The Hall–Kier alpha value is -2.89. The molecule has 2 heterocycles. The number of hydrogen-bond donors (Lipinski definition) is 1. The van der Waals surface area contributed by atoms with Crippen molar-refractivity contribution in [3.63, 3.8) is 0 Å². The van der Waals surface area contributed by atoms with Gasteiger partial charge < -0.3 is 15.0 Å². The number of likely N-dealkylation sites (tertiary alicyclic amines) is 1. The highest BCUT2D eigenvalue weighted by molar-refractivity contribution is 6.03. The first-order chi connectivity index (χ1) is 12.5. The molecule has 1 aliphatic heterocycles. The van der Waals surface area contributed by atoms with Crippen molar-refractivity contribution in [3.8, 4) is 5.75 Å². The standard InChI is InChI=1S/C20H23N3O3/c1-14(2)26-16-10-8-15(9-11-16)21-19(24)17-6-5-7-18(22-17)20(25)23-12-3-4-13-23/h5-11,14H,3-4,12-13H2,1-2H3,(H,21,24). The fourth-order valence-electron chi connectivity index (χ4n) is 2.85. The van der Waals surface area contributed by atoms with E-state index in [4.69, 9.17) is 4.74 Å². The van der Waals surface area contributed by atoms with E-state index >= 15 is 0 Å². The van der Waals surface area contributed by atoms with E-state index in [0.717, 1.165) is 31.7 Å². The van der Waals surface area contributed by atoms with Gasteiger partial charge in [0.2, 0.25) is 0 Å². The Morgan fingerprint density at radius 2 is 1.69 bits per heavy atom. The molecule has 0 atom stereocenters. The molecule has 2 amide bonds. The zero-order valence-corrected chi connectivity index (χ0v) is 15.1. The predicted octanol–water partition coefficient (Wildman–Crippen LogP) is 3.36. The number of aromatic nitrogens is 1. The third kappa shape index (κ3) is 4.39. The van der Waals surface area contributed by atoms with Crippen LogP contribution in [-0.2, 0) is 0 Å². The number of benzene rings is 1. The van der Waals surface area contributed by atoms with E-state index in [9.17, 15) is 9.59 Å². The largest absolute Gasteiger partial charge is 0.491 e. The first-order valence-corrected chi connectivity index (χ1v) is 8.87. The molecule has 26 heavy (non-hydrogen) atoms. The number of nitrogens with zero attached hydrogens (tertiary/aromatic N) is 2. The Morgan fingerprint density at radius 1 is 1.04 bits per heavy atom. The highest BCUT2D eigenvalue weighted by Gasteiger charge is 2.21. The molecule has 136 valence electrons. The summed E-state index contributed by atoms with van der Waals surface area (Å²) in [6.45, 7) is 5.42. The minimum Gasteiger partial charge on any atom is -0.491 e. The summed E-state index contributed by atoms with van der Waals surface area (Å²) in [6, 6.07) is 12.1. The lowest BCUT2D eigenvalue weighted by molar-refractivity contribution is 0.0787. The molecule has 6 nitrogen and oxygen atoms in total. The Bertz CT molecular complexity index is 781. The van der Waals surface area contributed by atoms with Gasteiger partial charge in [-0.3, -0.25) is 9.59 Å². The van der Waals surface area contributed by atoms with Crippen LogP contribution in [0.25, 0.3) is 0 Å². The number of rotatable bonds is 5. The molecule has 1 N–H and O–H groups in total. The molecule has 1 fully saturated rings. The molecule has 6 heteroatoms. The van der Waals surface area contributed by atoms with Crippen molar-refractivity contribution in [1.29, 1.82) is 0 Å². The van der Waals surface area contributed by atoms with Crippen LogP contribution in [0.1, 0.15) is 47.7 Å². The van der Waals surface area contributed by atoms with Gasteiger partial charge in [0.05, 0.1) is 6.10 Å². The van der Waals surface area contributed by atoms with Gasteiger partial charge in [-0.1, -0.05) is 6.07 Å². The molecule has 1 aromatic carbocycles. The maximum Gasteiger partial charge on any atom is 0.274 e. The van der Waals surface area contributed by atoms with E-state index in [1.807, 2.05) is 13.8 Å². The second kappa shape index (κ2) is 7.99. The summed E-state index contributed by atoms with van der Waals surface area (Å²) < 4.78 is 5.58. The molecule has 0 radical (unpaired) electrons. The van der Waals surface area contributed by atoms with Gasteiger partial charge in [0.1, 0.15) is 17.1 Å². The molecule has 1 aliphatic rings. The topological polar surface area (TPSA) is 71.5 Å². The van der Waals surface area contributed by atoms with E-state index in [1.165, 1.54) is 0 Å². The van der Waals surface area contributed by atoms with Crippen molar-refractivity contribution < 1.29 is 14.3 Å². The monoisotopic (exact) mass is 353 g/mol. The van der Waals surface area contributed by atoms with Gasteiger partial charge in [-0.05, 0) is 63.1 Å². The molecule has 0 aliphatic carbocycles. The van der Waals surface area contributed by atoms with Crippen molar-refractivity contribution in [2.45, 2.75) is 32.8 Å². The van der Waals surface area contributed by atoms with Gasteiger partial charge in [0.25, 0.3) is 11.8 Å². The zero-order chi connectivity index (χ0) is 18.5. The van der Waals surface area contributed by atoms with Crippen LogP contribution in [0, 0.1) is 0 Å². The number of carbonyl (C=O) groups excluding carboxylic acids is 2. The maximum atomic E-state index is 12.4. The summed E-state index contributed by atoms with van der Waals surface area (Å²) in [7, 11) is 0. The average molecular weight is 353 g/mol. The quantitative estimate of drug-likeness (QED) is 0.895. The molecule has 3 rings (SSSR count). The molecular formula is C20H23N3O3. The Balaban J connectivity index is 1.68. The van der Waals surface area contributed by atoms with Crippen LogP contribution in [0.4, 0.5) is 5.69 Å². The molecule has 2 aromatic rings. The fourth-order valence-corrected chi connectivity index (χ4v) is 2.85. The van der Waals surface area contributed by atoms with Gasteiger partial charge in [-0.25, -0.2) is 4.98 Å². The van der Waals surface area contributed by atoms with E-state index in [1.54, 1.807) is 47.4 Å². The van der Waals surface area contributed by atoms with E-state index < -0.39 is 0 Å². The summed E-state index contributed by atoms with van der Waals surface area (Å²) in [4.78, 5) is 30.9. The van der Waals surface area contributed by atoms with Crippen molar-refractivity contribution in [2.75, 3.05) is 18.4 Å². The third-order valence-electron chi connectivity index (χ3n) is 4.08. The summed E-state index contributed by atoms with van der Waals surface area (Å²) in [5.41, 5.74) is 1.17. The molecular weight excluding hydrogens is 330 g/mol. The van der Waals surface area contributed by atoms with Crippen LogP contribution >= 0.6 is 0 Å². The Kier molecular flexibility index (Phi) is 5.51. The maximum absolute atomic E-state index is 12.4. The zero-order valence-electron chi connectivity index (χ0n) is 15.1. The minimum absolute atomic E-state index is 0.0931. The lowest BCUT2D eigenvalue weighted by Crippen LogP contribution is -2.29. The molecule has 0 spiro atoms. The van der Waals surface area contributed by atoms with Gasteiger partial charge in [-0.2, -0.15) is 0 Å². The SMILES string of the molecule is CC(C)Oc1ccc(NC(=O)c2cccc(C(=O)N3CCCC3)n2)cc1. The first-order valence-electron chi connectivity index (χ1n) is 8.87. The average Bonchev–Trinajstić information content (AvgIpc) is 3.17. The first kappa shape index (κ1) is 17.9. The van der Waals surface area contributed by atoms with Crippen LogP contribution in [0.5, 0.6) is 5.75 Å². The van der Waals surface area contributed by atoms with Crippen LogP contribution < -0.4 is 10.1 Å². The number of anilines is 1. The molecule has 1 aromatic heterocycles. The van der Waals surface area contributed by atoms with Gasteiger partial charge >= 0.3 is 0 Å². The van der Waals surface area contributed by atoms with Crippen LogP contribution in [-0.4, -0.2) is 40.9 Å². The number of amides is 2. The number of nitrogens with one attached hydrogen (secondary N) is 1. The second-order valence-corrected chi connectivity index (χ2v) is 6.55. The number of pyridine rings is 1. The van der Waals surface area contributed by atoms with Crippen LogP contribution in [0.2, 0.25) is 0 Å². The minimum atomic E-state index is -0.349. The number of ether oxygens (including phenoxy) is 1. The van der Waals surface area contributed by atoms with Gasteiger partial charge in [0, 0.05) is 18.8 Å². The Morgan fingerprint density at radius 3 is 2.35 bits per heavy atom.